The van der Waals surface area contributed by atoms with E-state index in [4.69, 9.17) is 4.74 Å². The van der Waals surface area contributed by atoms with Gasteiger partial charge in [0.1, 0.15) is 0 Å². The number of hydrogen-bond acceptors (Lipinski definition) is 3. The van der Waals surface area contributed by atoms with Gasteiger partial charge in [0.2, 0.25) is 5.91 Å². The third-order valence-corrected chi connectivity index (χ3v) is 4.96. The highest BCUT2D eigenvalue weighted by Crippen LogP contribution is 2.21. The number of amides is 1. The maximum atomic E-state index is 12.5. The summed E-state index contributed by atoms with van der Waals surface area (Å²) in [5.74, 6) is 0.310. The standard InChI is InChI=1S/C17H28N2O2/c20-17(18-10-4-5-11-18)14-19(13-16-9-6-12-21-16)15-7-2-1-3-8-15/h2,7,15-16H,1,3-6,8-14H2/t15-,16+/m1/s1. The van der Waals surface area contributed by atoms with E-state index in [1.54, 1.807) is 0 Å². The molecule has 2 fully saturated rings. The zero-order valence-electron chi connectivity index (χ0n) is 13.0. The van der Waals surface area contributed by atoms with Crippen molar-refractivity contribution < 1.29 is 9.53 Å². The summed E-state index contributed by atoms with van der Waals surface area (Å²) in [7, 11) is 0. The van der Waals surface area contributed by atoms with Crippen LogP contribution >= 0.6 is 0 Å². The van der Waals surface area contributed by atoms with E-state index in [-0.39, 0.29) is 0 Å². The predicted octanol–water partition coefficient (Wildman–Crippen LogP) is 2.20. The van der Waals surface area contributed by atoms with E-state index in [1.165, 1.54) is 38.5 Å². The van der Waals surface area contributed by atoms with Crippen molar-refractivity contribution in [2.75, 3.05) is 32.8 Å². The molecule has 0 spiro atoms. The predicted molar refractivity (Wildman–Crippen MR) is 83.1 cm³/mol. The second kappa shape index (κ2) is 7.41. The van der Waals surface area contributed by atoms with Crippen LogP contribution in [0.2, 0.25) is 0 Å². The summed E-state index contributed by atoms with van der Waals surface area (Å²) in [5, 5.41) is 0. The van der Waals surface area contributed by atoms with Crippen molar-refractivity contribution in [2.45, 2.75) is 57.1 Å². The van der Waals surface area contributed by atoms with E-state index in [9.17, 15) is 4.79 Å². The van der Waals surface area contributed by atoms with Crippen molar-refractivity contribution in [3.63, 3.8) is 0 Å². The minimum absolute atomic E-state index is 0.310. The van der Waals surface area contributed by atoms with Crippen molar-refractivity contribution in [2.24, 2.45) is 0 Å². The highest BCUT2D eigenvalue weighted by atomic mass is 16.5. The Hall–Kier alpha value is -0.870. The van der Waals surface area contributed by atoms with Crippen molar-refractivity contribution in [3.05, 3.63) is 12.2 Å². The molecule has 1 amide bonds. The maximum absolute atomic E-state index is 12.5. The number of rotatable bonds is 5. The van der Waals surface area contributed by atoms with Crippen LogP contribution in [0.5, 0.6) is 0 Å². The Morgan fingerprint density at radius 1 is 1.19 bits per heavy atom. The molecule has 2 heterocycles. The van der Waals surface area contributed by atoms with E-state index in [1.807, 2.05) is 4.90 Å². The molecule has 0 unspecified atom stereocenters. The molecule has 0 aromatic rings. The van der Waals surface area contributed by atoms with Crippen LogP contribution in [0, 0.1) is 0 Å². The SMILES string of the molecule is O=C(CN(C[C@@H]1CCCO1)[C@@H]1C=CCCC1)N1CCCC1. The first-order valence-electron chi connectivity index (χ1n) is 8.63. The molecule has 0 bridgehead atoms. The number of carbonyl (C=O) groups excluding carboxylic acids is 1. The number of nitrogens with zero attached hydrogens (tertiary/aromatic N) is 2. The number of ether oxygens (including phenoxy) is 1. The molecule has 21 heavy (non-hydrogen) atoms. The van der Waals surface area contributed by atoms with Gasteiger partial charge in [0, 0.05) is 32.3 Å². The molecule has 118 valence electrons. The topological polar surface area (TPSA) is 32.8 Å². The van der Waals surface area contributed by atoms with Gasteiger partial charge in [0.15, 0.2) is 0 Å². The first-order valence-corrected chi connectivity index (χ1v) is 8.63. The van der Waals surface area contributed by atoms with Crippen LogP contribution in [0.25, 0.3) is 0 Å². The fourth-order valence-corrected chi connectivity index (χ4v) is 3.71. The average Bonchev–Trinajstić information content (AvgIpc) is 3.21. The minimum atomic E-state index is 0.310. The first kappa shape index (κ1) is 15.0. The minimum Gasteiger partial charge on any atom is -0.377 e. The van der Waals surface area contributed by atoms with Gasteiger partial charge in [-0.15, -0.1) is 0 Å². The molecule has 4 nitrogen and oxygen atoms in total. The van der Waals surface area contributed by atoms with E-state index in [0.717, 1.165) is 32.7 Å². The first-order chi connectivity index (χ1) is 10.3. The van der Waals surface area contributed by atoms with Gasteiger partial charge in [-0.05, 0) is 44.9 Å². The Labute approximate surface area is 128 Å². The summed E-state index contributed by atoms with van der Waals surface area (Å²) in [6.45, 7) is 4.27. The Bertz CT molecular complexity index is 371. The Kier molecular flexibility index (Phi) is 5.31. The summed E-state index contributed by atoms with van der Waals surface area (Å²) in [5.41, 5.74) is 0. The maximum Gasteiger partial charge on any atom is 0.236 e. The van der Waals surface area contributed by atoms with Crippen molar-refractivity contribution in [1.82, 2.24) is 9.80 Å². The van der Waals surface area contributed by atoms with Crippen molar-refractivity contribution >= 4 is 5.91 Å². The lowest BCUT2D eigenvalue weighted by molar-refractivity contribution is -0.132. The molecule has 0 radical (unpaired) electrons. The molecule has 3 aliphatic rings. The fraction of sp³-hybridized carbons (Fsp3) is 0.824. The van der Waals surface area contributed by atoms with E-state index >= 15 is 0 Å². The largest absolute Gasteiger partial charge is 0.377 e. The fourth-order valence-electron chi connectivity index (χ4n) is 3.71. The second-order valence-electron chi connectivity index (χ2n) is 6.58. The van der Waals surface area contributed by atoms with Gasteiger partial charge in [-0.3, -0.25) is 9.69 Å². The molecule has 0 saturated carbocycles. The molecular formula is C17H28N2O2. The van der Waals surface area contributed by atoms with Crippen molar-refractivity contribution in [3.8, 4) is 0 Å². The Morgan fingerprint density at radius 3 is 2.71 bits per heavy atom. The number of carbonyl (C=O) groups is 1. The van der Waals surface area contributed by atoms with Gasteiger partial charge in [-0.1, -0.05) is 12.2 Å². The summed E-state index contributed by atoms with van der Waals surface area (Å²) < 4.78 is 5.79. The van der Waals surface area contributed by atoms with Gasteiger partial charge in [-0.25, -0.2) is 0 Å². The van der Waals surface area contributed by atoms with Crippen LogP contribution in [-0.2, 0) is 9.53 Å². The molecule has 0 aromatic heterocycles. The third kappa shape index (κ3) is 4.07. The molecule has 0 N–H and O–H groups in total. The molecule has 2 atom stereocenters. The Morgan fingerprint density at radius 2 is 2.05 bits per heavy atom. The van der Waals surface area contributed by atoms with Crippen molar-refractivity contribution in [1.29, 1.82) is 0 Å². The van der Waals surface area contributed by atoms with Crippen LogP contribution in [0.4, 0.5) is 0 Å². The highest BCUT2D eigenvalue weighted by Gasteiger charge is 2.28. The lowest BCUT2D eigenvalue weighted by Crippen LogP contribution is -2.46. The van der Waals surface area contributed by atoms with Crippen LogP contribution in [0.15, 0.2) is 12.2 Å². The van der Waals surface area contributed by atoms with Gasteiger partial charge >= 0.3 is 0 Å². The van der Waals surface area contributed by atoms with Crippen LogP contribution in [0.3, 0.4) is 0 Å². The molecule has 4 heteroatoms. The second-order valence-corrected chi connectivity index (χ2v) is 6.58. The number of allylic oxidation sites excluding steroid dienone is 1. The molecule has 1 aliphatic carbocycles. The zero-order chi connectivity index (χ0) is 14.5. The van der Waals surface area contributed by atoms with E-state index in [0.29, 0.717) is 24.6 Å². The summed E-state index contributed by atoms with van der Waals surface area (Å²) in [4.78, 5) is 16.9. The van der Waals surface area contributed by atoms with Crippen LogP contribution in [-0.4, -0.2) is 60.6 Å². The number of hydrogen-bond donors (Lipinski definition) is 0. The van der Waals surface area contributed by atoms with Crippen LogP contribution in [0.1, 0.15) is 44.9 Å². The summed E-state index contributed by atoms with van der Waals surface area (Å²) in [6.07, 6.45) is 13.1. The monoisotopic (exact) mass is 292 g/mol. The van der Waals surface area contributed by atoms with Crippen LogP contribution < -0.4 is 0 Å². The molecule has 3 rings (SSSR count). The van der Waals surface area contributed by atoms with E-state index < -0.39 is 0 Å². The summed E-state index contributed by atoms with van der Waals surface area (Å²) >= 11 is 0. The lowest BCUT2D eigenvalue weighted by atomic mass is 10.0. The van der Waals surface area contributed by atoms with Gasteiger partial charge < -0.3 is 9.64 Å². The molecular weight excluding hydrogens is 264 g/mol. The van der Waals surface area contributed by atoms with Gasteiger partial charge in [0.25, 0.3) is 0 Å². The molecule has 0 aromatic carbocycles. The smallest absolute Gasteiger partial charge is 0.236 e. The van der Waals surface area contributed by atoms with E-state index in [2.05, 4.69) is 17.1 Å². The highest BCUT2D eigenvalue weighted by molar-refractivity contribution is 5.78. The van der Waals surface area contributed by atoms with Gasteiger partial charge in [0.05, 0.1) is 12.6 Å². The quantitative estimate of drug-likeness (QED) is 0.728. The Balaban J connectivity index is 1.60. The lowest BCUT2D eigenvalue weighted by Gasteiger charge is -2.33. The normalized spacial score (nSPS) is 29.5. The molecule has 2 aliphatic heterocycles. The molecule has 2 saturated heterocycles. The average molecular weight is 292 g/mol. The zero-order valence-corrected chi connectivity index (χ0v) is 13.0. The third-order valence-electron chi connectivity index (χ3n) is 4.96. The van der Waals surface area contributed by atoms with Gasteiger partial charge in [-0.2, -0.15) is 0 Å². The number of likely N-dealkylation sites (tertiary alicyclic amines) is 1. The summed E-state index contributed by atoms with van der Waals surface area (Å²) in [6, 6.07) is 0.425.